The van der Waals surface area contributed by atoms with Crippen molar-refractivity contribution in [1.82, 2.24) is 14.9 Å². The molecule has 3 rings (SSSR count). The van der Waals surface area contributed by atoms with Crippen LogP contribution in [-0.2, 0) is 11.0 Å². The van der Waals surface area contributed by atoms with E-state index in [2.05, 4.69) is 15.5 Å². The number of halogens is 4. The molecule has 1 heterocycles. The van der Waals surface area contributed by atoms with Gasteiger partial charge < -0.3 is 11.2 Å². The van der Waals surface area contributed by atoms with Crippen LogP contribution in [0.25, 0.3) is 11.4 Å². The summed E-state index contributed by atoms with van der Waals surface area (Å²) in [6.45, 7) is 0. The first-order valence-corrected chi connectivity index (χ1v) is 9.29. The third kappa shape index (κ3) is 5.09. The van der Waals surface area contributed by atoms with Crippen molar-refractivity contribution >= 4 is 29.0 Å². The fourth-order valence-corrected chi connectivity index (χ4v) is 3.13. The van der Waals surface area contributed by atoms with E-state index >= 15 is 0 Å². The number of anilines is 1. The minimum atomic E-state index is -4.91. The second kappa shape index (κ2) is 8.59. The minimum Gasteiger partial charge on any atom is -0.335 e. The van der Waals surface area contributed by atoms with Crippen LogP contribution in [0, 0.1) is 15.9 Å². The Balaban J connectivity index is 1.71. The lowest BCUT2D eigenvalue weighted by molar-refractivity contribution is -0.385. The number of nitrogens with one attached hydrogen (secondary N) is 1. The first-order valence-electron chi connectivity index (χ1n) is 8.31. The molecular weight excluding hydrogens is 444 g/mol. The monoisotopic (exact) mass is 456 g/mol. The molecule has 0 fully saturated rings. The molecule has 31 heavy (non-hydrogen) atoms. The summed E-state index contributed by atoms with van der Waals surface area (Å²) in [4.78, 5) is 21.9. The summed E-state index contributed by atoms with van der Waals surface area (Å²) in [7, 11) is 0. The maximum absolute atomic E-state index is 13.2. The van der Waals surface area contributed by atoms with Gasteiger partial charge in [-0.15, -0.1) is 10.2 Å². The van der Waals surface area contributed by atoms with Crippen molar-refractivity contribution in [3.63, 3.8) is 0 Å². The Kier molecular flexibility index (Phi) is 6.10. The number of amides is 1. The molecule has 0 bridgehead atoms. The Morgan fingerprint density at radius 2 is 1.87 bits per heavy atom. The van der Waals surface area contributed by atoms with Crippen LogP contribution in [0.4, 0.5) is 28.9 Å². The molecule has 0 atom stereocenters. The van der Waals surface area contributed by atoms with Crippen LogP contribution in [0.1, 0.15) is 5.56 Å². The second-order valence-electron chi connectivity index (χ2n) is 6.00. The number of alkyl halides is 3. The number of hydrogen-bond acceptors (Lipinski definition) is 7. The molecule has 0 aliphatic carbocycles. The molecule has 162 valence electrons. The van der Waals surface area contributed by atoms with E-state index < -0.39 is 39.8 Å². The second-order valence-corrected chi connectivity index (χ2v) is 6.95. The van der Waals surface area contributed by atoms with Crippen molar-refractivity contribution in [3.05, 3.63) is 64.0 Å². The molecular formula is C17H12F4N6O3S. The first-order chi connectivity index (χ1) is 14.6. The molecule has 3 N–H and O–H groups in total. The number of hydrogen-bond donors (Lipinski definition) is 2. The fourth-order valence-electron chi connectivity index (χ4n) is 2.48. The van der Waals surface area contributed by atoms with Gasteiger partial charge in [-0.1, -0.05) is 11.8 Å². The van der Waals surface area contributed by atoms with E-state index in [1.165, 1.54) is 24.3 Å². The largest absolute Gasteiger partial charge is 0.418 e. The molecule has 0 spiro atoms. The third-order valence-corrected chi connectivity index (χ3v) is 4.84. The molecule has 1 aromatic heterocycles. The van der Waals surface area contributed by atoms with Crippen molar-refractivity contribution in [2.75, 3.05) is 16.9 Å². The van der Waals surface area contributed by atoms with Crippen LogP contribution in [0.5, 0.6) is 0 Å². The van der Waals surface area contributed by atoms with Gasteiger partial charge in [-0.2, -0.15) is 13.2 Å². The molecule has 2 aromatic carbocycles. The van der Waals surface area contributed by atoms with Crippen molar-refractivity contribution in [1.29, 1.82) is 0 Å². The van der Waals surface area contributed by atoms with E-state index in [1.807, 2.05) is 0 Å². The number of nitro groups is 1. The Morgan fingerprint density at radius 1 is 1.19 bits per heavy atom. The number of aromatic nitrogens is 3. The fraction of sp³-hybridized carbons (Fsp3) is 0.118. The zero-order valence-corrected chi connectivity index (χ0v) is 16.1. The summed E-state index contributed by atoms with van der Waals surface area (Å²) in [5.41, 5.74) is -2.26. The van der Waals surface area contributed by atoms with Crippen molar-refractivity contribution in [3.8, 4) is 11.4 Å². The van der Waals surface area contributed by atoms with Gasteiger partial charge in [0.2, 0.25) is 11.1 Å². The van der Waals surface area contributed by atoms with E-state index in [-0.39, 0.29) is 16.7 Å². The van der Waals surface area contributed by atoms with Crippen molar-refractivity contribution in [2.45, 2.75) is 11.3 Å². The number of nitro benzene ring substituents is 1. The molecule has 0 saturated heterocycles. The van der Waals surface area contributed by atoms with Crippen LogP contribution < -0.4 is 11.2 Å². The number of nitrogen functional groups attached to an aromatic ring is 1. The highest BCUT2D eigenvalue weighted by atomic mass is 32.2. The Labute approximate surface area is 175 Å². The molecule has 0 saturated carbocycles. The number of carbonyl (C=O) groups excluding carboxylic acids is 1. The maximum atomic E-state index is 13.2. The summed E-state index contributed by atoms with van der Waals surface area (Å²) in [5.74, 6) is 4.42. The van der Waals surface area contributed by atoms with Gasteiger partial charge in [0.15, 0.2) is 5.82 Å². The highest BCUT2D eigenvalue weighted by Crippen LogP contribution is 2.37. The van der Waals surface area contributed by atoms with E-state index in [4.69, 9.17) is 5.84 Å². The lowest BCUT2D eigenvalue weighted by atomic mass is 10.1. The van der Waals surface area contributed by atoms with E-state index in [0.29, 0.717) is 11.6 Å². The van der Waals surface area contributed by atoms with E-state index in [9.17, 15) is 32.5 Å². The van der Waals surface area contributed by atoms with Crippen molar-refractivity contribution < 1.29 is 27.3 Å². The molecule has 0 unspecified atom stereocenters. The predicted octanol–water partition coefficient (Wildman–Crippen LogP) is 3.46. The number of nitrogens with two attached hydrogens (primary N) is 1. The van der Waals surface area contributed by atoms with Gasteiger partial charge in [-0.05, 0) is 30.3 Å². The summed E-state index contributed by atoms with van der Waals surface area (Å²) in [6, 6.07) is 7.26. The van der Waals surface area contributed by atoms with Gasteiger partial charge >= 0.3 is 6.18 Å². The third-order valence-electron chi connectivity index (χ3n) is 3.89. The summed E-state index contributed by atoms with van der Waals surface area (Å²) in [6.07, 6.45) is -4.91. The quantitative estimate of drug-likeness (QED) is 0.191. The lowest BCUT2D eigenvalue weighted by Gasteiger charge is -2.13. The molecule has 0 aliphatic rings. The average molecular weight is 456 g/mol. The Hall–Kier alpha value is -3.68. The SMILES string of the molecule is Nn1c(SCC(=O)Nc2ccc([N+](=O)[O-])cc2C(F)(F)F)nnc1-c1ccc(F)cc1. The van der Waals surface area contributed by atoms with Gasteiger partial charge in [0.1, 0.15) is 5.82 Å². The molecule has 0 aliphatic heterocycles. The number of thioether (sulfide) groups is 1. The highest BCUT2D eigenvalue weighted by Gasteiger charge is 2.35. The summed E-state index contributed by atoms with van der Waals surface area (Å²) < 4.78 is 53.7. The standard InChI is InChI=1S/C17H12F4N6O3S/c18-10-3-1-9(2-4-10)15-24-25-16(26(15)22)31-8-14(28)23-13-6-5-11(27(29)30)7-12(13)17(19,20)21/h1-7H,8,22H2,(H,23,28). The van der Waals surface area contributed by atoms with Crippen LogP contribution in [0.3, 0.4) is 0 Å². The van der Waals surface area contributed by atoms with Gasteiger partial charge in [0.05, 0.1) is 21.9 Å². The van der Waals surface area contributed by atoms with Gasteiger partial charge in [-0.3, -0.25) is 14.9 Å². The summed E-state index contributed by atoms with van der Waals surface area (Å²) >= 11 is 0.803. The van der Waals surface area contributed by atoms with Crippen LogP contribution in [0.2, 0.25) is 0 Å². The topological polar surface area (TPSA) is 129 Å². The summed E-state index contributed by atoms with van der Waals surface area (Å²) in [5, 5.41) is 20.5. The highest BCUT2D eigenvalue weighted by molar-refractivity contribution is 7.99. The number of benzene rings is 2. The Bertz CT molecular complexity index is 1130. The van der Waals surface area contributed by atoms with Crippen LogP contribution >= 0.6 is 11.8 Å². The zero-order valence-electron chi connectivity index (χ0n) is 15.3. The van der Waals surface area contributed by atoms with Crippen LogP contribution in [-0.4, -0.2) is 31.5 Å². The van der Waals surface area contributed by atoms with Crippen LogP contribution in [0.15, 0.2) is 47.6 Å². The minimum absolute atomic E-state index is 0.0919. The Morgan fingerprint density at radius 3 is 2.48 bits per heavy atom. The average Bonchev–Trinajstić information content (AvgIpc) is 3.06. The molecule has 14 heteroatoms. The lowest BCUT2D eigenvalue weighted by Crippen LogP contribution is -2.19. The van der Waals surface area contributed by atoms with E-state index in [0.717, 1.165) is 28.6 Å². The first kappa shape index (κ1) is 22.0. The van der Waals surface area contributed by atoms with Gasteiger partial charge in [0, 0.05) is 17.7 Å². The zero-order chi connectivity index (χ0) is 22.8. The molecule has 1 amide bonds. The molecule has 9 nitrogen and oxygen atoms in total. The van der Waals surface area contributed by atoms with Gasteiger partial charge in [-0.25, -0.2) is 9.07 Å². The molecule has 3 aromatic rings. The predicted molar refractivity (Wildman–Crippen MR) is 103 cm³/mol. The normalized spacial score (nSPS) is 11.4. The number of carbonyl (C=O) groups is 1. The van der Waals surface area contributed by atoms with E-state index in [1.54, 1.807) is 0 Å². The van der Waals surface area contributed by atoms with Gasteiger partial charge in [0.25, 0.3) is 5.69 Å². The smallest absolute Gasteiger partial charge is 0.335 e. The number of non-ortho nitro benzene ring substituents is 1. The maximum Gasteiger partial charge on any atom is 0.418 e. The number of nitrogens with zero attached hydrogens (tertiary/aromatic N) is 4. The number of rotatable bonds is 6. The molecule has 0 radical (unpaired) electrons. The van der Waals surface area contributed by atoms with Crippen molar-refractivity contribution in [2.24, 2.45) is 0 Å².